The van der Waals surface area contributed by atoms with Crippen LogP contribution in [0.25, 0.3) is 0 Å². The maximum absolute atomic E-state index is 5.69. The van der Waals surface area contributed by atoms with Gasteiger partial charge in [0.05, 0.1) is 6.61 Å². The lowest BCUT2D eigenvalue weighted by Gasteiger charge is -2.12. The summed E-state index contributed by atoms with van der Waals surface area (Å²) in [5.74, 6) is 1.09. The fraction of sp³-hybridized carbons (Fsp3) is 0.538. The normalized spacial score (nSPS) is 13.9. The Morgan fingerprint density at radius 1 is 1.41 bits per heavy atom. The first-order chi connectivity index (χ1) is 8.16. The number of benzene rings is 1. The number of halogens is 1. The summed E-state index contributed by atoms with van der Waals surface area (Å²) >= 11 is 3.56. The van der Waals surface area contributed by atoms with E-state index in [4.69, 9.17) is 4.74 Å². The Morgan fingerprint density at radius 3 is 3.00 bits per heavy atom. The molecule has 0 spiro atoms. The summed E-state index contributed by atoms with van der Waals surface area (Å²) in [5.41, 5.74) is 2.58. The van der Waals surface area contributed by atoms with Gasteiger partial charge in [-0.3, -0.25) is 0 Å². The average Bonchev–Trinajstić information content (AvgIpc) is 2.71. The molecule has 1 aromatic rings. The van der Waals surface area contributed by atoms with Crippen molar-refractivity contribution < 1.29 is 4.74 Å². The van der Waals surface area contributed by atoms with Gasteiger partial charge in [-0.1, -0.05) is 15.9 Å². The van der Waals surface area contributed by atoms with Crippen molar-refractivity contribution in [2.24, 2.45) is 0 Å². The van der Waals surface area contributed by atoms with E-state index in [-0.39, 0.29) is 0 Å². The molecule has 0 fully saturated rings. The van der Waals surface area contributed by atoms with Crippen LogP contribution >= 0.6 is 15.9 Å². The van der Waals surface area contributed by atoms with Crippen LogP contribution < -0.4 is 10.1 Å². The second kappa shape index (κ2) is 5.85. The molecule has 0 aliphatic carbocycles. The Morgan fingerprint density at radius 2 is 2.24 bits per heavy atom. The zero-order valence-corrected chi connectivity index (χ0v) is 12.0. The number of ether oxygens (including phenoxy) is 1. The lowest BCUT2D eigenvalue weighted by atomic mass is 10.1. The number of likely N-dealkylation sites (N-methyl/N-ethyl adjacent to an activating group) is 1. The third kappa shape index (κ3) is 3.44. The van der Waals surface area contributed by atoms with E-state index in [9.17, 15) is 0 Å². The van der Waals surface area contributed by atoms with E-state index in [1.165, 1.54) is 11.1 Å². The minimum Gasteiger partial charge on any atom is -0.493 e. The molecule has 0 saturated heterocycles. The van der Waals surface area contributed by atoms with Crippen molar-refractivity contribution in [2.75, 3.05) is 33.8 Å². The second-order valence-electron chi connectivity index (χ2n) is 4.63. The van der Waals surface area contributed by atoms with Crippen LogP contribution in [0.2, 0.25) is 0 Å². The van der Waals surface area contributed by atoms with Gasteiger partial charge in [0.15, 0.2) is 0 Å². The quantitative estimate of drug-likeness (QED) is 0.842. The highest BCUT2D eigenvalue weighted by Crippen LogP contribution is 2.32. The van der Waals surface area contributed by atoms with E-state index in [1.54, 1.807) is 0 Å². The fourth-order valence-corrected chi connectivity index (χ4v) is 2.56. The lowest BCUT2D eigenvalue weighted by Crippen LogP contribution is -2.26. The van der Waals surface area contributed by atoms with E-state index in [0.717, 1.165) is 42.9 Å². The molecule has 1 heterocycles. The minimum atomic E-state index is 0.816. The minimum absolute atomic E-state index is 0.816. The molecule has 1 aromatic carbocycles. The Hall–Kier alpha value is -0.580. The van der Waals surface area contributed by atoms with Gasteiger partial charge in [0.2, 0.25) is 0 Å². The summed E-state index contributed by atoms with van der Waals surface area (Å²) < 4.78 is 6.84. The standard InChI is InChI=1S/C13H19BrN2O/c1-16(2)5-4-15-9-11-8-12(14)7-10-3-6-17-13(10)11/h7-8,15H,3-6,9H2,1-2H3. The number of hydrogen-bond donors (Lipinski definition) is 1. The molecule has 0 saturated carbocycles. The van der Waals surface area contributed by atoms with Gasteiger partial charge in [-0.2, -0.15) is 0 Å². The Bertz CT molecular complexity index is 393. The van der Waals surface area contributed by atoms with Crippen molar-refractivity contribution in [1.82, 2.24) is 10.2 Å². The second-order valence-corrected chi connectivity index (χ2v) is 5.55. The van der Waals surface area contributed by atoms with Gasteiger partial charge in [0, 0.05) is 36.1 Å². The van der Waals surface area contributed by atoms with E-state index in [2.05, 4.69) is 52.4 Å². The molecule has 0 amide bonds. The third-order valence-corrected chi connectivity index (χ3v) is 3.33. The highest BCUT2D eigenvalue weighted by Gasteiger charge is 2.16. The molecule has 3 nitrogen and oxygen atoms in total. The third-order valence-electron chi connectivity index (χ3n) is 2.88. The smallest absolute Gasteiger partial charge is 0.127 e. The number of fused-ring (bicyclic) bond motifs is 1. The average molecular weight is 299 g/mol. The number of nitrogens with zero attached hydrogens (tertiary/aromatic N) is 1. The van der Waals surface area contributed by atoms with E-state index in [0.29, 0.717) is 0 Å². The molecular weight excluding hydrogens is 280 g/mol. The van der Waals surface area contributed by atoms with Gasteiger partial charge in [-0.15, -0.1) is 0 Å². The first-order valence-corrected chi connectivity index (χ1v) is 6.75. The summed E-state index contributed by atoms with van der Waals surface area (Å²) in [6.07, 6.45) is 1.03. The molecular formula is C13H19BrN2O. The van der Waals surface area contributed by atoms with Crippen LogP contribution in [0.3, 0.4) is 0 Å². The Balaban J connectivity index is 1.96. The van der Waals surface area contributed by atoms with Gasteiger partial charge in [0.25, 0.3) is 0 Å². The highest BCUT2D eigenvalue weighted by atomic mass is 79.9. The van der Waals surface area contributed by atoms with Crippen molar-refractivity contribution >= 4 is 15.9 Å². The van der Waals surface area contributed by atoms with Gasteiger partial charge in [0.1, 0.15) is 5.75 Å². The van der Waals surface area contributed by atoms with Gasteiger partial charge < -0.3 is 15.0 Å². The van der Waals surface area contributed by atoms with Crippen LogP contribution in [0.15, 0.2) is 16.6 Å². The molecule has 1 aliphatic rings. The van der Waals surface area contributed by atoms with E-state index < -0.39 is 0 Å². The summed E-state index contributed by atoms with van der Waals surface area (Å²) in [4.78, 5) is 2.18. The first-order valence-electron chi connectivity index (χ1n) is 5.96. The van der Waals surface area contributed by atoms with Crippen LogP contribution in [0.5, 0.6) is 5.75 Å². The molecule has 94 valence electrons. The molecule has 0 radical (unpaired) electrons. The first kappa shape index (κ1) is 12.9. The molecule has 4 heteroatoms. The van der Waals surface area contributed by atoms with Crippen LogP contribution in [-0.2, 0) is 13.0 Å². The van der Waals surface area contributed by atoms with Crippen LogP contribution in [-0.4, -0.2) is 38.7 Å². The fourth-order valence-electron chi connectivity index (χ4n) is 2.00. The summed E-state index contributed by atoms with van der Waals surface area (Å²) in [7, 11) is 4.17. The van der Waals surface area contributed by atoms with Gasteiger partial charge >= 0.3 is 0 Å². The maximum Gasteiger partial charge on any atom is 0.127 e. The molecule has 0 bridgehead atoms. The highest BCUT2D eigenvalue weighted by molar-refractivity contribution is 9.10. The molecule has 1 N–H and O–H groups in total. The van der Waals surface area contributed by atoms with Crippen molar-refractivity contribution in [2.45, 2.75) is 13.0 Å². The SMILES string of the molecule is CN(C)CCNCc1cc(Br)cc2c1OCC2. The number of nitrogens with one attached hydrogen (secondary N) is 1. The zero-order valence-electron chi connectivity index (χ0n) is 10.4. The largest absolute Gasteiger partial charge is 0.493 e. The zero-order chi connectivity index (χ0) is 12.3. The lowest BCUT2D eigenvalue weighted by molar-refractivity contribution is 0.351. The summed E-state index contributed by atoms with van der Waals surface area (Å²) in [5, 5.41) is 3.45. The van der Waals surface area contributed by atoms with E-state index in [1.807, 2.05) is 0 Å². The van der Waals surface area contributed by atoms with Crippen LogP contribution in [0, 0.1) is 0 Å². The van der Waals surface area contributed by atoms with Gasteiger partial charge in [-0.25, -0.2) is 0 Å². The molecule has 0 atom stereocenters. The number of rotatable bonds is 5. The number of hydrogen-bond acceptors (Lipinski definition) is 3. The van der Waals surface area contributed by atoms with Crippen molar-refractivity contribution in [1.29, 1.82) is 0 Å². The summed E-state index contributed by atoms with van der Waals surface area (Å²) in [6, 6.07) is 4.30. The van der Waals surface area contributed by atoms with Crippen molar-refractivity contribution in [3.8, 4) is 5.75 Å². The topological polar surface area (TPSA) is 24.5 Å². The molecule has 17 heavy (non-hydrogen) atoms. The van der Waals surface area contributed by atoms with Crippen molar-refractivity contribution in [3.63, 3.8) is 0 Å². The molecule has 2 rings (SSSR count). The Kier molecular flexibility index (Phi) is 4.42. The van der Waals surface area contributed by atoms with E-state index >= 15 is 0 Å². The predicted molar refractivity (Wildman–Crippen MR) is 73.6 cm³/mol. The molecule has 0 aromatic heterocycles. The van der Waals surface area contributed by atoms with Crippen LogP contribution in [0.4, 0.5) is 0 Å². The van der Waals surface area contributed by atoms with Crippen LogP contribution in [0.1, 0.15) is 11.1 Å². The van der Waals surface area contributed by atoms with Gasteiger partial charge in [-0.05, 0) is 31.8 Å². The predicted octanol–water partition coefficient (Wildman–Crippen LogP) is 2.04. The summed E-state index contributed by atoms with van der Waals surface area (Å²) in [6.45, 7) is 3.73. The maximum atomic E-state index is 5.69. The molecule has 0 unspecified atom stereocenters. The molecule has 1 aliphatic heterocycles. The monoisotopic (exact) mass is 298 g/mol. The Labute approximate surface area is 111 Å². The van der Waals surface area contributed by atoms with Crippen molar-refractivity contribution in [3.05, 3.63) is 27.7 Å².